The van der Waals surface area contributed by atoms with Crippen LogP contribution in [0.15, 0.2) is 33.9 Å². The molecule has 5 heteroatoms. The van der Waals surface area contributed by atoms with Gasteiger partial charge in [-0.1, -0.05) is 11.6 Å². The molecule has 0 radical (unpaired) electrons. The van der Waals surface area contributed by atoms with Crippen LogP contribution in [0.1, 0.15) is 12.5 Å². The fraction of sp³-hybridized carbons (Fsp3) is 0.214. The lowest BCUT2D eigenvalue weighted by Crippen LogP contribution is -2.27. The van der Waals surface area contributed by atoms with E-state index in [0.29, 0.717) is 17.9 Å². The van der Waals surface area contributed by atoms with E-state index >= 15 is 0 Å². The molecule has 0 saturated heterocycles. The number of pyridine rings is 1. The molecule has 2 aliphatic rings. The Balaban J connectivity index is 2.60. The monoisotopic (exact) mass is 255 g/mol. The van der Waals surface area contributed by atoms with Crippen LogP contribution in [0.4, 0.5) is 0 Å². The first-order chi connectivity index (χ1) is 9.10. The maximum Gasteiger partial charge on any atom is 0.349 e. The number of H-pyrrole nitrogens is 1. The molecule has 0 bridgehead atoms. The van der Waals surface area contributed by atoms with Gasteiger partial charge in [-0.3, -0.25) is 9.78 Å². The Kier molecular flexibility index (Phi) is 2.48. The zero-order valence-corrected chi connectivity index (χ0v) is 10.7. The number of rotatable bonds is 1. The van der Waals surface area contributed by atoms with Crippen LogP contribution in [0.25, 0.3) is 22.3 Å². The zero-order chi connectivity index (χ0) is 13.6. The molecule has 1 aromatic carbocycles. The summed E-state index contributed by atoms with van der Waals surface area (Å²) in [5.41, 5.74) is 1.55. The predicted molar refractivity (Wildman–Crippen MR) is 73.7 cm³/mol. The molecule has 1 aromatic rings. The van der Waals surface area contributed by atoms with Gasteiger partial charge >= 0.3 is 5.69 Å². The van der Waals surface area contributed by atoms with Gasteiger partial charge < -0.3 is 4.57 Å². The van der Waals surface area contributed by atoms with Crippen LogP contribution >= 0.6 is 0 Å². The van der Waals surface area contributed by atoms with Crippen LogP contribution in [0.3, 0.4) is 0 Å². The molecule has 5 nitrogen and oxygen atoms in total. The van der Waals surface area contributed by atoms with Crippen molar-refractivity contribution < 1.29 is 0 Å². The lowest BCUT2D eigenvalue weighted by atomic mass is 10.1. The number of nitrogens with one attached hydrogen (secondary N) is 1. The summed E-state index contributed by atoms with van der Waals surface area (Å²) in [6.07, 6.45) is 0. The number of aromatic nitrogens is 3. The predicted octanol–water partition coefficient (Wildman–Crippen LogP) is 1.52. The number of aryl methyl sites for hydroxylation is 2. The van der Waals surface area contributed by atoms with E-state index in [1.165, 1.54) is 0 Å². The van der Waals surface area contributed by atoms with Crippen molar-refractivity contribution in [3.63, 3.8) is 0 Å². The summed E-state index contributed by atoms with van der Waals surface area (Å²) in [4.78, 5) is 29.4. The van der Waals surface area contributed by atoms with Crippen molar-refractivity contribution >= 4 is 10.9 Å². The van der Waals surface area contributed by atoms with E-state index < -0.39 is 5.69 Å². The lowest BCUT2D eigenvalue weighted by Gasteiger charge is -2.15. The van der Waals surface area contributed by atoms with Gasteiger partial charge in [0, 0.05) is 12.1 Å². The van der Waals surface area contributed by atoms with Crippen LogP contribution in [-0.2, 0) is 6.54 Å². The molecule has 0 aliphatic carbocycles. The second kappa shape index (κ2) is 4.05. The topological polar surface area (TPSA) is 67.8 Å². The highest BCUT2D eigenvalue weighted by atomic mass is 16.2. The fourth-order valence-electron chi connectivity index (χ4n) is 2.41. The first-order valence-corrected chi connectivity index (χ1v) is 6.14. The lowest BCUT2D eigenvalue weighted by molar-refractivity contribution is 0.768. The van der Waals surface area contributed by atoms with Crippen molar-refractivity contribution in [1.82, 2.24) is 14.5 Å². The Labute approximate surface area is 108 Å². The summed E-state index contributed by atoms with van der Waals surface area (Å²) in [7, 11) is 0. The van der Waals surface area contributed by atoms with Gasteiger partial charge in [0.2, 0.25) is 0 Å². The average molecular weight is 255 g/mol. The smallest absolute Gasteiger partial charge is 0.325 e. The van der Waals surface area contributed by atoms with E-state index in [9.17, 15) is 9.59 Å². The summed E-state index contributed by atoms with van der Waals surface area (Å²) in [5, 5.41) is 0.972. The summed E-state index contributed by atoms with van der Waals surface area (Å²) >= 11 is 0. The zero-order valence-electron chi connectivity index (χ0n) is 10.7. The van der Waals surface area contributed by atoms with Gasteiger partial charge in [0.15, 0.2) is 5.82 Å². The van der Waals surface area contributed by atoms with Gasteiger partial charge in [-0.2, -0.15) is 4.98 Å². The Morgan fingerprint density at radius 2 is 2.05 bits per heavy atom. The number of hydrogen-bond acceptors (Lipinski definition) is 3. The Hall–Kier alpha value is -2.43. The van der Waals surface area contributed by atoms with Crippen molar-refractivity contribution in [3.8, 4) is 11.4 Å². The maximum atomic E-state index is 11.9. The molecule has 0 saturated carbocycles. The highest BCUT2D eigenvalue weighted by Crippen LogP contribution is 2.24. The Morgan fingerprint density at radius 1 is 1.26 bits per heavy atom. The molecule has 3 rings (SSSR count). The molecular formula is C14H13N3O2. The van der Waals surface area contributed by atoms with E-state index in [4.69, 9.17) is 0 Å². The standard InChI is InChI=1S/C14H13N3O2/c1-3-17-11-5-4-8(2)6-9(11)7-10-12(17)15-14(19)16-13(10)18/h4-7H,3H2,1-2H3,(H,16,18,19). The summed E-state index contributed by atoms with van der Waals surface area (Å²) in [6, 6.07) is 7.80. The first-order valence-electron chi connectivity index (χ1n) is 6.14. The number of benzene rings is 1. The van der Waals surface area contributed by atoms with Gasteiger partial charge in [-0.15, -0.1) is 0 Å². The maximum absolute atomic E-state index is 11.9. The van der Waals surface area contributed by atoms with Crippen LogP contribution in [0, 0.1) is 6.92 Å². The molecule has 0 unspecified atom stereocenters. The summed E-state index contributed by atoms with van der Waals surface area (Å²) in [5.74, 6) is 0.438. The highest BCUT2D eigenvalue weighted by Gasteiger charge is 2.15. The molecule has 1 N–H and O–H groups in total. The van der Waals surface area contributed by atoms with Crippen LogP contribution in [0.2, 0.25) is 0 Å². The van der Waals surface area contributed by atoms with Gasteiger partial charge in [0.25, 0.3) is 5.56 Å². The van der Waals surface area contributed by atoms with E-state index in [-0.39, 0.29) is 5.56 Å². The molecule has 0 amide bonds. The summed E-state index contributed by atoms with van der Waals surface area (Å²) < 4.78 is 1.89. The molecule has 2 aliphatic heterocycles. The van der Waals surface area contributed by atoms with Crippen molar-refractivity contribution in [3.05, 3.63) is 50.7 Å². The minimum atomic E-state index is -0.605. The molecule has 0 fully saturated rings. The molecule has 0 atom stereocenters. The van der Waals surface area contributed by atoms with E-state index in [2.05, 4.69) is 9.97 Å². The van der Waals surface area contributed by atoms with Crippen LogP contribution in [0.5, 0.6) is 0 Å². The number of nitrogens with zero attached hydrogens (tertiary/aromatic N) is 2. The van der Waals surface area contributed by atoms with Gasteiger partial charge in [-0.05, 0) is 37.4 Å². The average Bonchev–Trinajstić information content (AvgIpc) is 2.36. The Bertz CT molecular complexity index is 861. The fourth-order valence-corrected chi connectivity index (χ4v) is 2.41. The third-order valence-corrected chi connectivity index (χ3v) is 3.26. The molecule has 2 heterocycles. The second-order valence-corrected chi connectivity index (χ2v) is 4.56. The summed E-state index contributed by atoms with van der Waals surface area (Å²) in [6.45, 7) is 4.61. The Morgan fingerprint density at radius 3 is 2.79 bits per heavy atom. The van der Waals surface area contributed by atoms with Crippen molar-refractivity contribution in [2.45, 2.75) is 20.4 Å². The molecule has 19 heavy (non-hydrogen) atoms. The van der Waals surface area contributed by atoms with Gasteiger partial charge in [0.1, 0.15) is 0 Å². The molecular weight excluding hydrogens is 242 g/mol. The molecule has 0 spiro atoms. The van der Waals surface area contributed by atoms with Crippen molar-refractivity contribution in [2.75, 3.05) is 0 Å². The largest absolute Gasteiger partial charge is 0.349 e. The number of aromatic amines is 1. The SMILES string of the molecule is CCn1c2nc(=O)[nH]c(=O)c-2cc2cc(C)ccc21. The second-order valence-electron chi connectivity index (χ2n) is 4.56. The van der Waals surface area contributed by atoms with Gasteiger partial charge in [-0.25, -0.2) is 4.79 Å². The third-order valence-electron chi connectivity index (χ3n) is 3.26. The minimum absolute atomic E-state index is 0.388. The van der Waals surface area contributed by atoms with Crippen molar-refractivity contribution in [2.24, 2.45) is 0 Å². The van der Waals surface area contributed by atoms with E-state index in [0.717, 1.165) is 16.5 Å². The van der Waals surface area contributed by atoms with Gasteiger partial charge in [0.05, 0.1) is 5.56 Å². The molecule has 0 aromatic heterocycles. The van der Waals surface area contributed by atoms with Crippen molar-refractivity contribution in [1.29, 1.82) is 0 Å². The quantitative estimate of drug-likeness (QED) is 0.670. The van der Waals surface area contributed by atoms with E-state index in [1.54, 1.807) is 6.07 Å². The normalized spacial score (nSPS) is 11.3. The number of hydrogen-bond donors (Lipinski definition) is 1. The van der Waals surface area contributed by atoms with Crippen LogP contribution in [-0.4, -0.2) is 14.5 Å². The highest BCUT2D eigenvalue weighted by molar-refractivity contribution is 5.85. The van der Waals surface area contributed by atoms with E-state index in [1.807, 2.05) is 36.6 Å². The molecule has 96 valence electrons. The number of fused-ring (bicyclic) bond motifs is 2. The minimum Gasteiger partial charge on any atom is -0.325 e. The van der Waals surface area contributed by atoms with Crippen LogP contribution < -0.4 is 11.2 Å². The first kappa shape index (κ1) is 11.6. The third kappa shape index (κ3) is 1.74.